The number of rotatable bonds is 2. The summed E-state index contributed by atoms with van der Waals surface area (Å²) in [6.07, 6.45) is 0. The topological polar surface area (TPSA) is 51.2 Å². The molecule has 0 saturated carbocycles. The van der Waals surface area contributed by atoms with E-state index in [0.29, 0.717) is 51.8 Å². The number of methoxy groups -OCH3 is 1. The molecule has 0 unspecified atom stereocenters. The second-order valence-corrected chi connectivity index (χ2v) is 6.85. The molecule has 2 fully saturated rings. The molecule has 3 aliphatic heterocycles. The van der Waals surface area contributed by atoms with E-state index in [1.807, 2.05) is 9.80 Å². The van der Waals surface area contributed by atoms with E-state index in [1.54, 1.807) is 13.2 Å². The summed E-state index contributed by atoms with van der Waals surface area (Å²) in [5, 5.41) is 0. The minimum Gasteiger partial charge on any atom is -0.493 e. The van der Waals surface area contributed by atoms with Crippen molar-refractivity contribution in [1.29, 1.82) is 0 Å². The summed E-state index contributed by atoms with van der Waals surface area (Å²) in [5.41, 5.74) is 0.761. The van der Waals surface area contributed by atoms with Crippen LogP contribution in [0.15, 0.2) is 18.2 Å². The van der Waals surface area contributed by atoms with Crippen LogP contribution in [0.1, 0.15) is 11.6 Å². The molecule has 136 valence electrons. The Morgan fingerprint density at radius 3 is 2.92 bits per heavy atom. The molecule has 3 atom stereocenters. The molecule has 0 bridgehead atoms. The SMILES string of the molecule is COC[C@@H]1CN(C(=O)N2CCOCC2)[C@H]2c3cc(F)ccc3OC[C@@H]12. The van der Waals surface area contributed by atoms with Crippen LogP contribution in [-0.2, 0) is 9.47 Å². The Balaban J connectivity index is 1.67. The molecule has 3 heterocycles. The van der Waals surface area contributed by atoms with Gasteiger partial charge >= 0.3 is 6.03 Å². The lowest BCUT2D eigenvalue weighted by Crippen LogP contribution is -2.48. The van der Waals surface area contributed by atoms with Gasteiger partial charge in [-0.05, 0) is 18.2 Å². The van der Waals surface area contributed by atoms with E-state index in [2.05, 4.69) is 0 Å². The molecule has 1 aromatic rings. The van der Waals surface area contributed by atoms with Gasteiger partial charge in [-0.2, -0.15) is 0 Å². The number of hydrogen-bond donors (Lipinski definition) is 0. The third kappa shape index (κ3) is 2.95. The van der Waals surface area contributed by atoms with E-state index in [-0.39, 0.29) is 29.7 Å². The minimum absolute atomic E-state index is 0.00554. The summed E-state index contributed by atoms with van der Waals surface area (Å²) in [4.78, 5) is 16.8. The third-order valence-corrected chi connectivity index (χ3v) is 5.41. The van der Waals surface area contributed by atoms with Crippen molar-refractivity contribution in [1.82, 2.24) is 9.80 Å². The second kappa shape index (κ2) is 6.80. The maximum atomic E-state index is 13.9. The third-order valence-electron chi connectivity index (χ3n) is 5.41. The lowest BCUT2D eigenvalue weighted by Gasteiger charge is -2.37. The first-order chi connectivity index (χ1) is 12.2. The molecule has 3 aliphatic rings. The number of carbonyl (C=O) groups is 1. The highest BCUT2D eigenvalue weighted by Crippen LogP contribution is 2.47. The molecule has 2 amide bonds. The van der Waals surface area contributed by atoms with Crippen molar-refractivity contribution >= 4 is 6.03 Å². The number of halogens is 1. The van der Waals surface area contributed by atoms with Crippen molar-refractivity contribution < 1.29 is 23.4 Å². The Morgan fingerprint density at radius 2 is 2.16 bits per heavy atom. The van der Waals surface area contributed by atoms with Crippen molar-refractivity contribution in [3.8, 4) is 5.75 Å². The van der Waals surface area contributed by atoms with Crippen LogP contribution >= 0.6 is 0 Å². The number of amides is 2. The number of nitrogens with zero attached hydrogens (tertiary/aromatic N) is 2. The summed E-state index contributed by atoms with van der Waals surface area (Å²) in [6.45, 7) is 3.97. The van der Waals surface area contributed by atoms with Crippen molar-refractivity contribution in [3.05, 3.63) is 29.6 Å². The predicted octanol–water partition coefficient (Wildman–Crippen LogP) is 1.91. The predicted molar refractivity (Wildman–Crippen MR) is 88.0 cm³/mol. The Bertz CT molecular complexity index is 650. The maximum absolute atomic E-state index is 13.9. The first-order valence-electron chi connectivity index (χ1n) is 8.73. The second-order valence-electron chi connectivity index (χ2n) is 6.85. The quantitative estimate of drug-likeness (QED) is 0.818. The molecule has 25 heavy (non-hydrogen) atoms. The van der Waals surface area contributed by atoms with E-state index in [4.69, 9.17) is 14.2 Å². The zero-order valence-electron chi connectivity index (χ0n) is 14.3. The average molecular weight is 350 g/mol. The summed E-state index contributed by atoms with van der Waals surface area (Å²) < 4.78 is 30.4. The number of carbonyl (C=O) groups excluding carboxylic acids is 1. The smallest absolute Gasteiger partial charge is 0.320 e. The molecule has 6 nitrogen and oxygen atoms in total. The molecule has 0 aromatic heterocycles. The van der Waals surface area contributed by atoms with Gasteiger partial charge in [0.15, 0.2) is 0 Å². The minimum atomic E-state index is -0.308. The van der Waals surface area contributed by atoms with Gasteiger partial charge in [0.05, 0.1) is 32.5 Å². The van der Waals surface area contributed by atoms with E-state index in [9.17, 15) is 9.18 Å². The van der Waals surface area contributed by atoms with E-state index in [1.165, 1.54) is 12.1 Å². The Kier molecular flexibility index (Phi) is 4.52. The van der Waals surface area contributed by atoms with Crippen LogP contribution in [0.2, 0.25) is 0 Å². The van der Waals surface area contributed by atoms with Gasteiger partial charge in [0, 0.05) is 44.1 Å². The molecule has 0 spiro atoms. The Morgan fingerprint density at radius 1 is 1.36 bits per heavy atom. The molecule has 4 rings (SSSR count). The summed E-state index contributed by atoms with van der Waals surface area (Å²) in [5.74, 6) is 0.646. The number of fused-ring (bicyclic) bond motifs is 3. The molecule has 0 N–H and O–H groups in total. The number of likely N-dealkylation sites (tertiary alicyclic amines) is 1. The molecular weight excluding hydrogens is 327 g/mol. The van der Waals surface area contributed by atoms with Gasteiger partial charge in [-0.3, -0.25) is 0 Å². The highest BCUT2D eigenvalue weighted by Gasteiger charge is 2.49. The van der Waals surface area contributed by atoms with Crippen molar-refractivity contribution in [2.45, 2.75) is 6.04 Å². The first-order valence-corrected chi connectivity index (χ1v) is 8.73. The van der Waals surface area contributed by atoms with Gasteiger partial charge in [0.2, 0.25) is 0 Å². The highest BCUT2D eigenvalue weighted by molar-refractivity contribution is 5.76. The fraction of sp³-hybridized carbons (Fsp3) is 0.611. The van der Waals surface area contributed by atoms with Crippen LogP contribution in [0.4, 0.5) is 9.18 Å². The summed E-state index contributed by atoms with van der Waals surface area (Å²) >= 11 is 0. The van der Waals surface area contributed by atoms with Gasteiger partial charge < -0.3 is 24.0 Å². The number of hydrogen-bond acceptors (Lipinski definition) is 4. The normalized spacial score (nSPS) is 28.3. The van der Waals surface area contributed by atoms with Gasteiger partial charge in [0.1, 0.15) is 11.6 Å². The van der Waals surface area contributed by atoms with Crippen LogP contribution in [0, 0.1) is 17.7 Å². The zero-order valence-corrected chi connectivity index (χ0v) is 14.3. The number of ether oxygens (including phenoxy) is 3. The highest BCUT2D eigenvalue weighted by atomic mass is 19.1. The molecule has 0 aliphatic carbocycles. The number of benzene rings is 1. The molecule has 2 saturated heterocycles. The zero-order chi connectivity index (χ0) is 17.4. The van der Waals surface area contributed by atoms with Crippen LogP contribution in [0.5, 0.6) is 5.75 Å². The van der Waals surface area contributed by atoms with Crippen LogP contribution in [-0.4, -0.2) is 69.0 Å². The first kappa shape index (κ1) is 16.6. The van der Waals surface area contributed by atoms with Crippen molar-refractivity contribution in [2.75, 3.05) is 53.2 Å². The van der Waals surface area contributed by atoms with Crippen LogP contribution in [0.25, 0.3) is 0 Å². The maximum Gasteiger partial charge on any atom is 0.320 e. The lowest BCUT2D eigenvalue weighted by molar-refractivity contribution is 0.0395. The number of morpholine rings is 1. The van der Waals surface area contributed by atoms with Gasteiger partial charge in [-0.15, -0.1) is 0 Å². The molecule has 7 heteroatoms. The average Bonchev–Trinajstić information content (AvgIpc) is 3.01. The van der Waals surface area contributed by atoms with Crippen molar-refractivity contribution in [3.63, 3.8) is 0 Å². The van der Waals surface area contributed by atoms with Gasteiger partial charge in [-0.1, -0.05) is 0 Å². The fourth-order valence-corrected chi connectivity index (χ4v) is 4.21. The molecule has 0 radical (unpaired) electrons. The largest absolute Gasteiger partial charge is 0.493 e. The Labute approximate surface area is 146 Å². The summed E-state index contributed by atoms with van der Waals surface area (Å²) in [6, 6.07) is 4.38. The fourth-order valence-electron chi connectivity index (χ4n) is 4.21. The Hall–Kier alpha value is -1.86. The number of urea groups is 1. The lowest BCUT2D eigenvalue weighted by atomic mass is 9.85. The van der Waals surface area contributed by atoms with Crippen LogP contribution in [0.3, 0.4) is 0 Å². The summed E-state index contributed by atoms with van der Waals surface area (Å²) in [7, 11) is 1.67. The molecular formula is C18H23FN2O4. The van der Waals surface area contributed by atoms with Crippen molar-refractivity contribution in [2.24, 2.45) is 11.8 Å². The standard InChI is InChI=1S/C18H23FN2O4/c1-23-10-12-9-21(18(22)20-4-6-24-7-5-20)17-14-8-13(19)2-3-16(14)25-11-15(12)17/h2-3,8,12,15,17H,4-7,9-11H2,1H3/t12-,15-,17-/m0/s1. The van der Waals surface area contributed by atoms with E-state index < -0.39 is 0 Å². The van der Waals surface area contributed by atoms with E-state index >= 15 is 0 Å². The molecule has 1 aromatic carbocycles. The van der Waals surface area contributed by atoms with E-state index in [0.717, 1.165) is 5.56 Å². The van der Waals surface area contributed by atoms with Gasteiger partial charge in [0.25, 0.3) is 0 Å². The van der Waals surface area contributed by atoms with Crippen LogP contribution < -0.4 is 4.74 Å². The van der Waals surface area contributed by atoms with Gasteiger partial charge in [-0.25, -0.2) is 9.18 Å². The monoisotopic (exact) mass is 350 g/mol.